The predicted octanol–water partition coefficient (Wildman–Crippen LogP) is 1.82. The van der Waals surface area contributed by atoms with Crippen molar-refractivity contribution in [1.82, 2.24) is 0 Å². The van der Waals surface area contributed by atoms with Gasteiger partial charge in [0.2, 0.25) is 0 Å². The van der Waals surface area contributed by atoms with Crippen LogP contribution in [0.3, 0.4) is 0 Å². The van der Waals surface area contributed by atoms with E-state index in [1.165, 1.54) is 6.07 Å². The van der Waals surface area contributed by atoms with Crippen LogP contribution in [0, 0.1) is 13.7 Å². The molecule has 1 aromatic carbocycles. The van der Waals surface area contributed by atoms with E-state index in [9.17, 15) is 10.1 Å². The van der Waals surface area contributed by atoms with E-state index in [4.69, 9.17) is 5.73 Å². The number of aliphatic imine (C=N–C) groups is 1. The zero-order valence-corrected chi connectivity index (χ0v) is 8.63. The molecule has 68 valence electrons. The fourth-order valence-electron chi connectivity index (χ4n) is 0.832. The Morgan fingerprint density at radius 1 is 1.62 bits per heavy atom. The molecule has 0 saturated heterocycles. The Bertz CT molecular complexity index is 365. The van der Waals surface area contributed by atoms with Gasteiger partial charge in [-0.15, -0.1) is 0 Å². The zero-order chi connectivity index (χ0) is 9.84. The van der Waals surface area contributed by atoms with E-state index in [1.54, 1.807) is 12.1 Å². The highest BCUT2D eigenvalue weighted by Crippen LogP contribution is 2.28. The number of nitro benzene ring substituents is 1. The molecule has 0 bridgehead atoms. The van der Waals surface area contributed by atoms with Crippen LogP contribution in [0.4, 0.5) is 11.4 Å². The minimum atomic E-state index is -0.482. The smallest absolute Gasteiger partial charge is 0.295 e. The van der Waals surface area contributed by atoms with Gasteiger partial charge in [0, 0.05) is 9.64 Å². The summed E-state index contributed by atoms with van der Waals surface area (Å²) in [7, 11) is 0. The molecular formula is C7H6IN3O2. The highest BCUT2D eigenvalue weighted by atomic mass is 127. The van der Waals surface area contributed by atoms with Crippen molar-refractivity contribution >= 4 is 40.3 Å². The molecule has 6 heteroatoms. The molecule has 0 aliphatic rings. The van der Waals surface area contributed by atoms with Crippen molar-refractivity contribution in [2.75, 3.05) is 0 Å². The third-order valence-electron chi connectivity index (χ3n) is 1.35. The summed E-state index contributed by atoms with van der Waals surface area (Å²) >= 11 is 2.00. The van der Waals surface area contributed by atoms with E-state index in [1.807, 2.05) is 22.6 Å². The Kier molecular flexibility index (Phi) is 3.18. The Balaban J connectivity index is 3.26. The Morgan fingerprint density at radius 3 is 2.85 bits per heavy atom. The van der Waals surface area contributed by atoms with Gasteiger partial charge in [-0.25, -0.2) is 4.99 Å². The molecule has 0 fully saturated rings. The number of halogens is 1. The second kappa shape index (κ2) is 4.17. The first-order chi connectivity index (χ1) is 6.15. The van der Waals surface area contributed by atoms with Crippen LogP contribution in [0.15, 0.2) is 23.2 Å². The summed E-state index contributed by atoms with van der Waals surface area (Å²) in [4.78, 5) is 13.7. The summed E-state index contributed by atoms with van der Waals surface area (Å²) < 4.78 is 0.792. The first-order valence-electron chi connectivity index (χ1n) is 3.33. The topological polar surface area (TPSA) is 81.5 Å². The SMILES string of the molecule is NC=Nc1ccc(I)cc1[N+](=O)[O-]. The molecule has 1 rings (SSSR count). The first-order valence-corrected chi connectivity index (χ1v) is 4.41. The first kappa shape index (κ1) is 9.90. The van der Waals surface area contributed by atoms with E-state index < -0.39 is 4.92 Å². The molecule has 0 unspecified atom stereocenters. The summed E-state index contributed by atoms with van der Waals surface area (Å²) in [5.74, 6) is 0. The van der Waals surface area contributed by atoms with Gasteiger partial charge >= 0.3 is 0 Å². The maximum absolute atomic E-state index is 10.5. The van der Waals surface area contributed by atoms with Crippen molar-refractivity contribution < 1.29 is 4.92 Å². The molecule has 0 aromatic heterocycles. The number of nitrogens with two attached hydrogens (primary N) is 1. The van der Waals surface area contributed by atoms with Gasteiger partial charge in [-0.05, 0) is 34.7 Å². The lowest BCUT2D eigenvalue weighted by Crippen LogP contribution is -1.91. The number of hydrogen-bond donors (Lipinski definition) is 1. The molecule has 5 nitrogen and oxygen atoms in total. The Hall–Kier alpha value is -1.18. The van der Waals surface area contributed by atoms with Crippen LogP contribution in [0.5, 0.6) is 0 Å². The van der Waals surface area contributed by atoms with Gasteiger partial charge in [0.25, 0.3) is 5.69 Å². The number of rotatable bonds is 2. The van der Waals surface area contributed by atoms with Crippen molar-refractivity contribution in [3.8, 4) is 0 Å². The molecule has 0 spiro atoms. The molecule has 13 heavy (non-hydrogen) atoms. The van der Waals surface area contributed by atoms with Crippen molar-refractivity contribution in [2.45, 2.75) is 0 Å². The molecule has 1 aromatic rings. The summed E-state index contributed by atoms with van der Waals surface area (Å²) in [6, 6.07) is 4.74. The van der Waals surface area contributed by atoms with Gasteiger partial charge < -0.3 is 5.73 Å². The van der Waals surface area contributed by atoms with Crippen molar-refractivity contribution in [2.24, 2.45) is 10.7 Å². The molecule has 0 aliphatic carbocycles. The lowest BCUT2D eigenvalue weighted by molar-refractivity contribution is -0.384. The molecule has 0 heterocycles. The molecule has 2 N–H and O–H groups in total. The van der Waals surface area contributed by atoms with Gasteiger partial charge in [-0.1, -0.05) is 0 Å². The van der Waals surface area contributed by atoms with Gasteiger partial charge in [0.05, 0.1) is 11.3 Å². The molecular weight excluding hydrogens is 285 g/mol. The van der Waals surface area contributed by atoms with E-state index >= 15 is 0 Å². The standard InChI is InChI=1S/C7H6IN3O2/c8-5-1-2-6(10-4-9)7(3-5)11(12)13/h1-4H,(H2,9,10). The average molecular weight is 291 g/mol. The van der Waals surface area contributed by atoms with Crippen LogP contribution in [-0.2, 0) is 0 Å². The van der Waals surface area contributed by atoms with Gasteiger partial charge in [0.1, 0.15) is 5.69 Å². The lowest BCUT2D eigenvalue weighted by Gasteiger charge is -1.96. The highest BCUT2D eigenvalue weighted by molar-refractivity contribution is 14.1. The molecule has 0 radical (unpaired) electrons. The van der Waals surface area contributed by atoms with Crippen molar-refractivity contribution in [1.29, 1.82) is 0 Å². The van der Waals surface area contributed by atoms with E-state index in [0.29, 0.717) is 0 Å². The number of benzene rings is 1. The normalized spacial score (nSPS) is 10.5. The van der Waals surface area contributed by atoms with Crippen LogP contribution in [0.25, 0.3) is 0 Å². The molecule has 0 aliphatic heterocycles. The average Bonchev–Trinajstić information content (AvgIpc) is 2.08. The molecule has 0 atom stereocenters. The van der Waals surface area contributed by atoms with Crippen LogP contribution < -0.4 is 5.73 Å². The molecule has 0 saturated carbocycles. The third-order valence-corrected chi connectivity index (χ3v) is 2.02. The predicted molar refractivity (Wildman–Crippen MR) is 58.2 cm³/mol. The monoisotopic (exact) mass is 291 g/mol. The minimum Gasteiger partial charge on any atom is -0.390 e. The van der Waals surface area contributed by atoms with Gasteiger partial charge in [0.15, 0.2) is 0 Å². The van der Waals surface area contributed by atoms with E-state index in [-0.39, 0.29) is 11.4 Å². The largest absolute Gasteiger partial charge is 0.390 e. The fraction of sp³-hybridized carbons (Fsp3) is 0. The lowest BCUT2D eigenvalue weighted by atomic mass is 10.3. The Labute approximate surface area is 87.9 Å². The maximum Gasteiger partial charge on any atom is 0.295 e. The van der Waals surface area contributed by atoms with Gasteiger partial charge in [-0.2, -0.15) is 0 Å². The van der Waals surface area contributed by atoms with Gasteiger partial charge in [-0.3, -0.25) is 10.1 Å². The number of nitro groups is 1. The van der Waals surface area contributed by atoms with Crippen LogP contribution in [0.1, 0.15) is 0 Å². The van der Waals surface area contributed by atoms with E-state index in [2.05, 4.69) is 4.99 Å². The third kappa shape index (κ3) is 2.38. The molecule has 0 amide bonds. The second-order valence-electron chi connectivity index (χ2n) is 2.17. The van der Waals surface area contributed by atoms with Crippen LogP contribution in [0.2, 0.25) is 0 Å². The summed E-state index contributed by atoms with van der Waals surface area (Å²) in [6.45, 7) is 0. The highest BCUT2D eigenvalue weighted by Gasteiger charge is 2.12. The summed E-state index contributed by atoms with van der Waals surface area (Å²) in [5.41, 5.74) is 5.29. The Morgan fingerprint density at radius 2 is 2.31 bits per heavy atom. The van der Waals surface area contributed by atoms with E-state index in [0.717, 1.165) is 9.91 Å². The fourth-order valence-corrected chi connectivity index (χ4v) is 1.31. The minimum absolute atomic E-state index is 0.0337. The van der Waals surface area contributed by atoms with Crippen molar-refractivity contribution in [3.63, 3.8) is 0 Å². The van der Waals surface area contributed by atoms with Crippen LogP contribution in [-0.4, -0.2) is 11.3 Å². The quantitative estimate of drug-likeness (QED) is 0.296. The van der Waals surface area contributed by atoms with Crippen molar-refractivity contribution in [3.05, 3.63) is 31.9 Å². The summed E-state index contributed by atoms with van der Waals surface area (Å²) in [6.07, 6.45) is 1.04. The summed E-state index contributed by atoms with van der Waals surface area (Å²) in [5, 5.41) is 10.5. The second-order valence-corrected chi connectivity index (χ2v) is 3.41. The number of nitrogens with zero attached hydrogens (tertiary/aromatic N) is 2. The van der Waals surface area contributed by atoms with Crippen LogP contribution >= 0.6 is 22.6 Å². The maximum atomic E-state index is 10.5. The zero-order valence-electron chi connectivity index (χ0n) is 6.48. The number of hydrogen-bond acceptors (Lipinski definition) is 3.